The summed E-state index contributed by atoms with van der Waals surface area (Å²) in [5, 5.41) is 9.38. The fraction of sp³-hybridized carbons (Fsp3) is 1.00. The number of nitrogens with zero attached hydrogens (tertiary/aromatic N) is 4. The smallest absolute Gasteiger partial charge is 0.0387 e. The molecule has 0 aromatic heterocycles. The summed E-state index contributed by atoms with van der Waals surface area (Å²) in [6, 6.07) is 0.668. The van der Waals surface area contributed by atoms with E-state index in [2.05, 4.69) is 55.2 Å². The first kappa shape index (κ1) is 12.9. The quantitative estimate of drug-likeness (QED) is 0.684. The van der Waals surface area contributed by atoms with E-state index in [1.54, 1.807) is 0 Å². The van der Waals surface area contributed by atoms with Gasteiger partial charge in [-0.1, -0.05) is 13.3 Å². The van der Waals surface area contributed by atoms with Gasteiger partial charge in [-0.15, -0.1) is 0 Å². The molecule has 0 spiro atoms. The summed E-state index contributed by atoms with van der Waals surface area (Å²) < 4.78 is 0. The normalized spacial score (nSPS) is 25.4. The topological polar surface area (TPSA) is 13.0 Å². The molecule has 1 saturated heterocycles. The van der Waals surface area contributed by atoms with Crippen molar-refractivity contribution >= 4 is 0 Å². The number of rotatable bonds is 4. The van der Waals surface area contributed by atoms with Crippen LogP contribution in [0.4, 0.5) is 0 Å². The molecule has 1 atom stereocenters. The van der Waals surface area contributed by atoms with E-state index in [1.165, 1.54) is 12.8 Å². The van der Waals surface area contributed by atoms with Crippen molar-refractivity contribution in [3.05, 3.63) is 0 Å². The van der Waals surface area contributed by atoms with Gasteiger partial charge in [0.25, 0.3) is 0 Å². The predicted octanol–water partition coefficient (Wildman–Crippen LogP) is 0.726. The van der Waals surface area contributed by atoms with Gasteiger partial charge in [0.05, 0.1) is 0 Å². The van der Waals surface area contributed by atoms with Crippen LogP contribution in [-0.2, 0) is 0 Å². The molecule has 1 heterocycles. The maximum absolute atomic E-state index is 2.49. The minimum Gasteiger partial charge on any atom is -0.248 e. The molecule has 0 aromatic rings. The predicted molar refractivity (Wildman–Crippen MR) is 64.3 cm³/mol. The van der Waals surface area contributed by atoms with Gasteiger partial charge < -0.3 is 0 Å². The zero-order valence-electron chi connectivity index (χ0n) is 10.9. The lowest BCUT2D eigenvalue weighted by Crippen LogP contribution is -2.59. The van der Waals surface area contributed by atoms with Gasteiger partial charge in [-0.25, -0.2) is 20.0 Å². The van der Waals surface area contributed by atoms with Crippen molar-refractivity contribution in [2.24, 2.45) is 0 Å². The molecule has 0 aromatic carbocycles. The molecule has 0 amide bonds. The van der Waals surface area contributed by atoms with E-state index in [1.807, 2.05) is 0 Å². The van der Waals surface area contributed by atoms with E-state index in [-0.39, 0.29) is 0 Å². The van der Waals surface area contributed by atoms with Crippen molar-refractivity contribution in [3.8, 4) is 0 Å². The highest BCUT2D eigenvalue weighted by atomic mass is 15.7. The summed E-state index contributed by atoms with van der Waals surface area (Å²) in [5.41, 5.74) is 0. The average molecular weight is 214 g/mol. The largest absolute Gasteiger partial charge is 0.248 e. The highest BCUT2D eigenvalue weighted by molar-refractivity contribution is 4.78. The Bertz CT molecular complexity index is 181. The second kappa shape index (κ2) is 5.80. The molecule has 0 saturated carbocycles. The fourth-order valence-electron chi connectivity index (χ4n) is 2.29. The molecule has 4 heteroatoms. The minimum absolute atomic E-state index is 0.668. The summed E-state index contributed by atoms with van der Waals surface area (Å²) in [5.74, 6) is 0. The molecule has 1 aliphatic heterocycles. The second-order valence-electron chi connectivity index (χ2n) is 4.71. The van der Waals surface area contributed by atoms with Gasteiger partial charge in [0.15, 0.2) is 0 Å². The van der Waals surface area contributed by atoms with E-state index < -0.39 is 0 Å². The standard InChI is InChI=1S/C11H26N4/c1-6-7-11-10-14(12(2)3)8-9-15(11)13(4)5/h11H,6-10H2,1-5H3. The van der Waals surface area contributed by atoms with Crippen LogP contribution in [0.25, 0.3) is 0 Å². The van der Waals surface area contributed by atoms with Crippen LogP contribution >= 0.6 is 0 Å². The van der Waals surface area contributed by atoms with E-state index in [4.69, 9.17) is 0 Å². The summed E-state index contributed by atoms with van der Waals surface area (Å²) in [6.45, 7) is 5.68. The molecule has 15 heavy (non-hydrogen) atoms. The van der Waals surface area contributed by atoms with Crippen LogP contribution in [-0.4, -0.2) is 73.9 Å². The number of hydrazine groups is 2. The van der Waals surface area contributed by atoms with Crippen molar-refractivity contribution in [1.29, 1.82) is 0 Å². The number of hydrogen-bond donors (Lipinski definition) is 0. The van der Waals surface area contributed by atoms with Gasteiger partial charge in [-0.3, -0.25) is 0 Å². The maximum Gasteiger partial charge on any atom is 0.0387 e. The Hall–Kier alpha value is -0.160. The average Bonchev–Trinajstić information content (AvgIpc) is 2.17. The summed E-state index contributed by atoms with van der Waals surface area (Å²) in [4.78, 5) is 0. The summed E-state index contributed by atoms with van der Waals surface area (Å²) in [6.07, 6.45) is 2.54. The molecule has 0 aliphatic carbocycles. The first-order valence-corrected chi connectivity index (χ1v) is 5.92. The lowest BCUT2D eigenvalue weighted by atomic mass is 10.1. The Morgan fingerprint density at radius 1 is 1.07 bits per heavy atom. The van der Waals surface area contributed by atoms with Crippen molar-refractivity contribution in [1.82, 2.24) is 20.0 Å². The Balaban J connectivity index is 2.56. The molecule has 0 bridgehead atoms. The molecular weight excluding hydrogens is 188 g/mol. The third-order valence-corrected chi connectivity index (χ3v) is 3.13. The first-order chi connectivity index (χ1) is 7.06. The minimum atomic E-state index is 0.668. The zero-order chi connectivity index (χ0) is 11.4. The maximum atomic E-state index is 2.49. The third-order valence-electron chi connectivity index (χ3n) is 3.13. The monoisotopic (exact) mass is 214 g/mol. The van der Waals surface area contributed by atoms with E-state index in [0.717, 1.165) is 19.6 Å². The molecule has 90 valence electrons. The third kappa shape index (κ3) is 3.41. The van der Waals surface area contributed by atoms with Crippen molar-refractivity contribution in [3.63, 3.8) is 0 Å². The highest BCUT2D eigenvalue weighted by Crippen LogP contribution is 2.15. The van der Waals surface area contributed by atoms with Gasteiger partial charge in [-0.05, 0) is 6.42 Å². The van der Waals surface area contributed by atoms with Crippen LogP contribution in [0.5, 0.6) is 0 Å². The molecule has 4 nitrogen and oxygen atoms in total. The van der Waals surface area contributed by atoms with Gasteiger partial charge in [0, 0.05) is 53.9 Å². The first-order valence-electron chi connectivity index (χ1n) is 5.92. The number of hydrogen-bond acceptors (Lipinski definition) is 4. The van der Waals surface area contributed by atoms with Crippen LogP contribution in [0.1, 0.15) is 19.8 Å². The van der Waals surface area contributed by atoms with Crippen molar-refractivity contribution in [2.75, 3.05) is 47.8 Å². The lowest BCUT2D eigenvalue weighted by Gasteiger charge is -2.46. The van der Waals surface area contributed by atoms with E-state index in [9.17, 15) is 0 Å². The Morgan fingerprint density at radius 3 is 2.20 bits per heavy atom. The molecule has 1 fully saturated rings. The Kier molecular flexibility index (Phi) is 4.99. The summed E-state index contributed by atoms with van der Waals surface area (Å²) >= 11 is 0. The summed E-state index contributed by atoms with van der Waals surface area (Å²) in [7, 11) is 8.56. The van der Waals surface area contributed by atoms with Crippen LogP contribution in [0.15, 0.2) is 0 Å². The molecule has 0 radical (unpaired) electrons. The highest BCUT2D eigenvalue weighted by Gasteiger charge is 2.28. The number of piperazine rings is 1. The van der Waals surface area contributed by atoms with Crippen LogP contribution in [0, 0.1) is 0 Å². The van der Waals surface area contributed by atoms with Crippen LogP contribution in [0.3, 0.4) is 0 Å². The SMILES string of the molecule is CCCC1CN(N(C)C)CCN1N(C)C. The van der Waals surface area contributed by atoms with E-state index >= 15 is 0 Å². The van der Waals surface area contributed by atoms with Gasteiger partial charge in [-0.2, -0.15) is 0 Å². The lowest BCUT2D eigenvalue weighted by molar-refractivity contribution is -0.114. The van der Waals surface area contributed by atoms with E-state index in [0.29, 0.717) is 6.04 Å². The van der Waals surface area contributed by atoms with Crippen LogP contribution < -0.4 is 0 Å². The van der Waals surface area contributed by atoms with Gasteiger partial charge >= 0.3 is 0 Å². The van der Waals surface area contributed by atoms with Gasteiger partial charge in [0.2, 0.25) is 0 Å². The Labute approximate surface area is 94.4 Å². The van der Waals surface area contributed by atoms with Crippen LogP contribution in [0.2, 0.25) is 0 Å². The molecular formula is C11H26N4. The molecule has 1 aliphatic rings. The zero-order valence-corrected chi connectivity index (χ0v) is 10.9. The fourth-order valence-corrected chi connectivity index (χ4v) is 2.29. The molecule has 1 unspecified atom stereocenters. The Morgan fingerprint density at radius 2 is 1.73 bits per heavy atom. The van der Waals surface area contributed by atoms with Crippen molar-refractivity contribution < 1.29 is 0 Å². The van der Waals surface area contributed by atoms with Gasteiger partial charge in [0.1, 0.15) is 0 Å². The molecule has 1 rings (SSSR count). The van der Waals surface area contributed by atoms with Crippen molar-refractivity contribution in [2.45, 2.75) is 25.8 Å². The second-order valence-corrected chi connectivity index (χ2v) is 4.71. The molecule has 0 N–H and O–H groups in total.